The van der Waals surface area contributed by atoms with Gasteiger partial charge in [-0.3, -0.25) is 0 Å². The van der Waals surface area contributed by atoms with E-state index in [4.69, 9.17) is 12.2 Å². The Morgan fingerprint density at radius 1 is 1.38 bits per heavy atom. The molecule has 2 N–H and O–H groups in total. The van der Waals surface area contributed by atoms with Crippen LogP contribution in [0.2, 0.25) is 0 Å². The molecule has 0 radical (unpaired) electrons. The number of hydrogen-bond donors (Lipinski definition) is 2. The van der Waals surface area contributed by atoms with Crippen molar-refractivity contribution in [3.8, 4) is 0 Å². The van der Waals surface area contributed by atoms with E-state index in [0.717, 1.165) is 25.0 Å². The van der Waals surface area contributed by atoms with E-state index in [1.807, 2.05) is 0 Å². The van der Waals surface area contributed by atoms with Crippen LogP contribution in [0.15, 0.2) is 23.5 Å². The van der Waals surface area contributed by atoms with Crippen LogP contribution in [0, 0.1) is 0 Å². The van der Waals surface area contributed by atoms with Gasteiger partial charge < -0.3 is 10.6 Å². The van der Waals surface area contributed by atoms with E-state index in [1.165, 1.54) is 5.70 Å². The van der Waals surface area contributed by atoms with Gasteiger partial charge in [-0.05, 0) is 31.1 Å². The molecule has 0 saturated heterocycles. The third-order valence-electron chi connectivity index (χ3n) is 1.81. The third kappa shape index (κ3) is 3.19. The van der Waals surface area contributed by atoms with Crippen LogP contribution in [0.4, 0.5) is 0 Å². The summed E-state index contributed by atoms with van der Waals surface area (Å²) in [5.41, 5.74) is 2.33. The Bertz CT molecular complexity index is 254. The summed E-state index contributed by atoms with van der Waals surface area (Å²) < 4.78 is 0. The predicted octanol–water partition coefficient (Wildman–Crippen LogP) is 2.44. The second kappa shape index (κ2) is 5.02. The average molecular weight is 196 g/mol. The van der Waals surface area contributed by atoms with E-state index < -0.39 is 0 Å². The molecular formula is C10H16N2S. The quantitative estimate of drug-likeness (QED) is 0.678. The van der Waals surface area contributed by atoms with Gasteiger partial charge in [-0.15, -0.1) is 0 Å². The highest BCUT2D eigenvalue weighted by Crippen LogP contribution is 2.09. The number of nitrogens with one attached hydrogen (secondary N) is 2. The molecule has 1 aliphatic rings. The Kier molecular flexibility index (Phi) is 3.96. The average Bonchev–Trinajstić information content (AvgIpc) is 2.04. The first-order valence-electron chi connectivity index (χ1n) is 4.75. The molecule has 0 aromatic heterocycles. The summed E-state index contributed by atoms with van der Waals surface area (Å²) in [7, 11) is 0. The van der Waals surface area contributed by atoms with E-state index in [2.05, 4.69) is 36.6 Å². The van der Waals surface area contributed by atoms with Crippen molar-refractivity contribution in [3.63, 3.8) is 0 Å². The van der Waals surface area contributed by atoms with Crippen molar-refractivity contribution in [3.05, 3.63) is 23.5 Å². The number of hydrogen-bond acceptors (Lipinski definition) is 1. The van der Waals surface area contributed by atoms with Crippen LogP contribution < -0.4 is 10.6 Å². The van der Waals surface area contributed by atoms with Gasteiger partial charge in [0, 0.05) is 11.4 Å². The standard InChI is InChI=1S/C10H16N2S/c1-3-5-8-7-9(6-4-2)12-10(13)11-8/h5,7H,3-4,6H2,1-2H3,(H2,11,12,13). The molecule has 0 aliphatic carbocycles. The van der Waals surface area contributed by atoms with Crippen molar-refractivity contribution in [1.29, 1.82) is 0 Å². The molecule has 1 rings (SSSR count). The maximum atomic E-state index is 5.08. The largest absolute Gasteiger partial charge is 0.336 e. The van der Waals surface area contributed by atoms with Crippen LogP contribution in [0.1, 0.15) is 33.1 Å². The van der Waals surface area contributed by atoms with Gasteiger partial charge in [-0.2, -0.15) is 0 Å². The SMILES string of the molecule is CCC=C1C=C(CCC)NC(=S)N1. The lowest BCUT2D eigenvalue weighted by Gasteiger charge is -2.20. The van der Waals surface area contributed by atoms with Crippen molar-refractivity contribution in [2.24, 2.45) is 0 Å². The lowest BCUT2D eigenvalue weighted by Crippen LogP contribution is -2.37. The predicted molar refractivity (Wildman–Crippen MR) is 60.2 cm³/mol. The Labute approximate surface area is 85.1 Å². The summed E-state index contributed by atoms with van der Waals surface area (Å²) in [4.78, 5) is 0. The number of allylic oxidation sites excluding steroid dienone is 3. The number of thiocarbonyl (C=S) groups is 1. The molecule has 1 aliphatic heterocycles. The van der Waals surface area contributed by atoms with E-state index in [1.54, 1.807) is 0 Å². The highest BCUT2D eigenvalue weighted by molar-refractivity contribution is 7.80. The molecule has 0 unspecified atom stereocenters. The molecule has 72 valence electrons. The lowest BCUT2D eigenvalue weighted by atomic mass is 10.2. The molecule has 2 nitrogen and oxygen atoms in total. The molecule has 0 atom stereocenters. The number of rotatable bonds is 3. The maximum absolute atomic E-state index is 5.08. The highest BCUT2D eigenvalue weighted by atomic mass is 32.1. The minimum Gasteiger partial charge on any atom is -0.336 e. The monoisotopic (exact) mass is 196 g/mol. The normalized spacial score (nSPS) is 19.4. The van der Waals surface area contributed by atoms with Gasteiger partial charge in [0.1, 0.15) is 0 Å². The van der Waals surface area contributed by atoms with Gasteiger partial charge in [0.2, 0.25) is 0 Å². The van der Waals surface area contributed by atoms with Crippen LogP contribution in [0.25, 0.3) is 0 Å². The zero-order valence-corrected chi connectivity index (χ0v) is 9.00. The minimum absolute atomic E-state index is 0.714. The molecular weight excluding hydrogens is 180 g/mol. The van der Waals surface area contributed by atoms with Crippen molar-refractivity contribution >= 4 is 17.3 Å². The molecule has 0 saturated carbocycles. The fraction of sp³-hybridized carbons (Fsp3) is 0.500. The topological polar surface area (TPSA) is 24.1 Å². The van der Waals surface area contributed by atoms with Gasteiger partial charge in [0.05, 0.1) is 0 Å². The summed E-state index contributed by atoms with van der Waals surface area (Å²) in [5.74, 6) is 0. The van der Waals surface area contributed by atoms with Gasteiger partial charge >= 0.3 is 0 Å². The fourth-order valence-electron chi connectivity index (χ4n) is 1.30. The molecule has 0 aromatic rings. The third-order valence-corrected chi connectivity index (χ3v) is 2.01. The van der Waals surface area contributed by atoms with Crippen LogP contribution >= 0.6 is 12.2 Å². The Balaban J connectivity index is 2.72. The summed E-state index contributed by atoms with van der Waals surface area (Å²) in [6.07, 6.45) is 7.50. The Hall–Kier alpha value is -0.830. The summed E-state index contributed by atoms with van der Waals surface area (Å²) in [6.45, 7) is 4.28. The molecule has 13 heavy (non-hydrogen) atoms. The second-order valence-corrected chi connectivity index (χ2v) is 3.47. The van der Waals surface area contributed by atoms with E-state index in [9.17, 15) is 0 Å². The van der Waals surface area contributed by atoms with E-state index >= 15 is 0 Å². The van der Waals surface area contributed by atoms with Crippen LogP contribution in [0.5, 0.6) is 0 Å². The van der Waals surface area contributed by atoms with Gasteiger partial charge in [-0.1, -0.05) is 26.3 Å². The first kappa shape index (κ1) is 10.3. The zero-order chi connectivity index (χ0) is 9.68. The molecule has 0 bridgehead atoms. The van der Waals surface area contributed by atoms with Crippen LogP contribution in [0.3, 0.4) is 0 Å². The minimum atomic E-state index is 0.714. The van der Waals surface area contributed by atoms with Crippen molar-refractivity contribution in [2.45, 2.75) is 33.1 Å². The maximum Gasteiger partial charge on any atom is 0.175 e. The molecule has 0 spiro atoms. The first-order chi connectivity index (χ1) is 6.26. The molecule has 0 fully saturated rings. The molecule has 3 heteroatoms. The van der Waals surface area contributed by atoms with Crippen molar-refractivity contribution < 1.29 is 0 Å². The fourth-order valence-corrected chi connectivity index (χ4v) is 1.55. The molecule has 1 heterocycles. The second-order valence-electron chi connectivity index (χ2n) is 3.07. The summed E-state index contributed by atoms with van der Waals surface area (Å²) >= 11 is 5.08. The molecule has 0 aromatic carbocycles. The van der Waals surface area contributed by atoms with Crippen molar-refractivity contribution in [1.82, 2.24) is 10.6 Å². The highest BCUT2D eigenvalue weighted by Gasteiger charge is 2.08. The van der Waals surface area contributed by atoms with Crippen LogP contribution in [-0.4, -0.2) is 5.11 Å². The first-order valence-corrected chi connectivity index (χ1v) is 5.15. The van der Waals surface area contributed by atoms with Gasteiger partial charge in [-0.25, -0.2) is 0 Å². The molecule has 0 amide bonds. The smallest absolute Gasteiger partial charge is 0.175 e. The van der Waals surface area contributed by atoms with Gasteiger partial charge in [0.15, 0.2) is 5.11 Å². The van der Waals surface area contributed by atoms with Gasteiger partial charge in [0.25, 0.3) is 0 Å². The Morgan fingerprint density at radius 2 is 2.15 bits per heavy atom. The van der Waals surface area contributed by atoms with Crippen LogP contribution in [-0.2, 0) is 0 Å². The van der Waals surface area contributed by atoms with E-state index in [-0.39, 0.29) is 0 Å². The zero-order valence-electron chi connectivity index (χ0n) is 8.18. The summed E-state index contributed by atoms with van der Waals surface area (Å²) in [5, 5.41) is 6.97. The summed E-state index contributed by atoms with van der Waals surface area (Å²) in [6, 6.07) is 0. The lowest BCUT2D eigenvalue weighted by molar-refractivity contribution is 0.829. The van der Waals surface area contributed by atoms with E-state index in [0.29, 0.717) is 5.11 Å². The Morgan fingerprint density at radius 3 is 2.77 bits per heavy atom. The van der Waals surface area contributed by atoms with Crippen molar-refractivity contribution in [2.75, 3.05) is 0 Å².